The first-order valence-corrected chi connectivity index (χ1v) is 8.88. The number of hydrogen-bond acceptors (Lipinski definition) is 3. The number of nitrogens with one attached hydrogen (secondary N) is 1. The number of aliphatic hydroxyl groups is 1. The highest BCUT2D eigenvalue weighted by molar-refractivity contribution is 5.74. The lowest BCUT2D eigenvalue weighted by atomic mass is 9.99. The first kappa shape index (κ1) is 17.5. The minimum Gasteiger partial charge on any atom is -0.396 e. The molecule has 1 aliphatic rings. The van der Waals surface area contributed by atoms with Crippen LogP contribution in [0.3, 0.4) is 0 Å². The molecule has 2 N–H and O–H groups in total. The van der Waals surface area contributed by atoms with Crippen molar-refractivity contribution in [3.8, 4) is 0 Å². The van der Waals surface area contributed by atoms with Gasteiger partial charge in [-0.2, -0.15) is 5.10 Å². The summed E-state index contributed by atoms with van der Waals surface area (Å²) in [7, 11) is 0. The van der Waals surface area contributed by atoms with Gasteiger partial charge in [0, 0.05) is 31.5 Å². The zero-order valence-electron chi connectivity index (χ0n) is 14.6. The molecule has 3 rings (SSSR count). The molecule has 1 aromatic heterocycles. The van der Waals surface area contributed by atoms with Gasteiger partial charge in [0.1, 0.15) is 0 Å². The summed E-state index contributed by atoms with van der Waals surface area (Å²) in [5.41, 5.74) is 2.18. The Hall–Kier alpha value is -2.34. The second kappa shape index (κ2) is 8.16. The molecule has 1 aliphatic heterocycles. The van der Waals surface area contributed by atoms with Crippen LogP contribution in [-0.2, 0) is 6.54 Å². The van der Waals surface area contributed by atoms with Crippen LogP contribution in [-0.4, -0.2) is 45.5 Å². The van der Waals surface area contributed by atoms with Crippen molar-refractivity contribution < 1.29 is 9.90 Å². The van der Waals surface area contributed by atoms with Gasteiger partial charge in [0.25, 0.3) is 0 Å². The predicted molar refractivity (Wildman–Crippen MR) is 96.1 cm³/mol. The minimum atomic E-state index is -0.105. The Morgan fingerprint density at radius 3 is 2.96 bits per heavy atom. The molecule has 0 bridgehead atoms. The van der Waals surface area contributed by atoms with Gasteiger partial charge >= 0.3 is 6.03 Å². The first-order valence-electron chi connectivity index (χ1n) is 8.88. The number of aromatic nitrogens is 2. The monoisotopic (exact) mass is 342 g/mol. The van der Waals surface area contributed by atoms with Gasteiger partial charge in [-0.1, -0.05) is 30.3 Å². The summed E-state index contributed by atoms with van der Waals surface area (Å²) in [6, 6.07) is 9.99. The van der Waals surface area contributed by atoms with E-state index < -0.39 is 0 Å². The lowest BCUT2D eigenvalue weighted by molar-refractivity contribution is 0.128. The fourth-order valence-corrected chi connectivity index (χ4v) is 3.22. The number of piperidine rings is 1. The highest BCUT2D eigenvalue weighted by Crippen LogP contribution is 2.17. The summed E-state index contributed by atoms with van der Waals surface area (Å²) in [6.07, 6.45) is 5.72. The number of benzene rings is 1. The van der Waals surface area contributed by atoms with Crippen LogP contribution in [0.15, 0.2) is 42.7 Å². The maximum Gasteiger partial charge on any atom is 0.317 e. The molecular formula is C19H26N4O2. The normalized spacial score (nSPS) is 18.8. The average Bonchev–Trinajstić information content (AvgIpc) is 3.11. The van der Waals surface area contributed by atoms with Crippen LogP contribution in [0.5, 0.6) is 0 Å². The van der Waals surface area contributed by atoms with Crippen molar-refractivity contribution >= 4 is 6.03 Å². The summed E-state index contributed by atoms with van der Waals surface area (Å²) in [5, 5.41) is 16.7. The molecule has 0 spiro atoms. The van der Waals surface area contributed by atoms with Crippen molar-refractivity contribution in [2.75, 3.05) is 19.7 Å². The Labute approximate surface area is 148 Å². The van der Waals surface area contributed by atoms with E-state index >= 15 is 0 Å². The van der Waals surface area contributed by atoms with E-state index in [2.05, 4.69) is 22.5 Å². The van der Waals surface area contributed by atoms with Gasteiger partial charge in [0.2, 0.25) is 0 Å². The highest BCUT2D eigenvalue weighted by Gasteiger charge is 2.24. The van der Waals surface area contributed by atoms with Crippen LogP contribution in [0.25, 0.3) is 0 Å². The summed E-state index contributed by atoms with van der Waals surface area (Å²) in [6.45, 7) is 4.21. The fraction of sp³-hybridized carbons (Fsp3) is 0.474. The third kappa shape index (κ3) is 4.60. The van der Waals surface area contributed by atoms with Crippen molar-refractivity contribution in [1.29, 1.82) is 0 Å². The van der Waals surface area contributed by atoms with Crippen LogP contribution in [0.1, 0.15) is 36.9 Å². The van der Waals surface area contributed by atoms with Crippen LogP contribution >= 0.6 is 0 Å². The largest absolute Gasteiger partial charge is 0.396 e. The second-order valence-corrected chi connectivity index (χ2v) is 6.76. The Balaban J connectivity index is 1.56. The van der Waals surface area contributed by atoms with E-state index in [1.807, 2.05) is 36.0 Å². The van der Waals surface area contributed by atoms with Crippen molar-refractivity contribution in [2.45, 2.75) is 32.4 Å². The quantitative estimate of drug-likeness (QED) is 0.877. The van der Waals surface area contributed by atoms with Crippen molar-refractivity contribution in [3.63, 3.8) is 0 Å². The van der Waals surface area contributed by atoms with Crippen LogP contribution in [0, 0.1) is 5.92 Å². The highest BCUT2D eigenvalue weighted by atomic mass is 16.3. The molecule has 2 heterocycles. The summed E-state index contributed by atoms with van der Waals surface area (Å²) in [4.78, 5) is 14.2. The molecule has 2 unspecified atom stereocenters. The van der Waals surface area contributed by atoms with E-state index in [0.29, 0.717) is 13.1 Å². The topological polar surface area (TPSA) is 70.4 Å². The van der Waals surface area contributed by atoms with Crippen LogP contribution in [0.4, 0.5) is 4.79 Å². The SMILES string of the molecule is CC(NC(=O)N1CCCC(CO)C1)c1cnn(Cc2ccccc2)c1. The molecule has 6 heteroatoms. The Morgan fingerprint density at radius 1 is 1.40 bits per heavy atom. The fourth-order valence-electron chi connectivity index (χ4n) is 3.22. The van der Waals surface area contributed by atoms with Crippen LogP contribution < -0.4 is 5.32 Å². The summed E-state index contributed by atoms with van der Waals surface area (Å²) >= 11 is 0. The molecule has 1 aromatic carbocycles. The third-order valence-electron chi connectivity index (χ3n) is 4.74. The van der Waals surface area contributed by atoms with Gasteiger partial charge in [-0.25, -0.2) is 4.79 Å². The van der Waals surface area contributed by atoms with Gasteiger partial charge in [0.05, 0.1) is 18.8 Å². The van der Waals surface area contributed by atoms with Crippen molar-refractivity contribution in [2.24, 2.45) is 5.92 Å². The number of urea groups is 1. The Kier molecular flexibility index (Phi) is 5.71. The number of carbonyl (C=O) groups is 1. The molecule has 1 fully saturated rings. The van der Waals surface area contributed by atoms with E-state index in [-0.39, 0.29) is 24.6 Å². The Bertz CT molecular complexity index is 686. The lowest BCUT2D eigenvalue weighted by Gasteiger charge is -2.32. The number of rotatable bonds is 5. The predicted octanol–water partition coefficient (Wildman–Crippen LogP) is 2.41. The standard InChI is InChI=1S/C19H26N4O2/c1-15(21-19(25)22-9-5-8-17(11-22)14-24)18-10-20-23(13-18)12-16-6-3-2-4-7-16/h2-4,6-7,10,13,15,17,24H,5,8-9,11-12,14H2,1H3,(H,21,25). The number of amides is 2. The molecule has 25 heavy (non-hydrogen) atoms. The van der Waals surface area contributed by atoms with E-state index in [4.69, 9.17) is 0 Å². The smallest absolute Gasteiger partial charge is 0.317 e. The van der Waals surface area contributed by atoms with Crippen molar-refractivity contribution in [3.05, 3.63) is 53.9 Å². The Morgan fingerprint density at radius 2 is 2.20 bits per heavy atom. The molecule has 0 saturated carbocycles. The molecule has 6 nitrogen and oxygen atoms in total. The number of carbonyl (C=O) groups excluding carboxylic acids is 1. The van der Waals surface area contributed by atoms with Gasteiger partial charge in [-0.3, -0.25) is 4.68 Å². The first-order chi connectivity index (χ1) is 12.2. The molecule has 2 amide bonds. The number of nitrogens with zero attached hydrogens (tertiary/aromatic N) is 3. The van der Waals surface area contributed by atoms with Gasteiger partial charge < -0.3 is 15.3 Å². The lowest BCUT2D eigenvalue weighted by Crippen LogP contribution is -2.46. The van der Waals surface area contributed by atoms with Gasteiger partial charge in [0.15, 0.2) is 0 Å². The zero-order chi connectivity index (χ0) is 17.6. The number of likely N-dealkylation sites (tertiary alicyclic amines) is 1. The van der Waals surface area contributed by atoms with Gasteiger partial charge in [-0.15, -0.1) is 0 Å². The molecule has 0 radical (unpaired) electrons. The van der Waals surface area contributed by atoms with E-state index in [1.54, 1.807) is 11.1 Å². The van der Waals surface area contributed by atoms with E-state index in [9.17, 15) is 9.90 Å². The van der Waals surface area contributed by atoms with Crippen molar-refractivity contribution in [1.82, 2.24) is 20.0 Å². The summed E-state index contributed by atoms with van der Waals surface area (Å²) < 4.78 is 1.88. The van der Waals surface area contributed by atoms with E-state index in [1.165, 1.54) is 5.56 Å². The van der Waals surface area contributed by atoms with E-state index in [0.717, 1.165) is 24.9 Å². The number of aliphatic hydroxyl groups excluding tert-OH is 1. The molecular weight excluding hydrogens is 316 g/mol. The number of hydrogen-bond donors (Lipinski definition) is 2. The zero-order valence-corrected chi connectivity index (χ0v) is 14.6. The summed E-state index contributed by atoms with van der Waals surface area (Å²) in [5.74, 6) is 0.198. The average molecular weight is 342 g/mol. The molecule has 134 valence electrons. The maximum atomic E-state index is 12.4. The third-order valence-corrected chi connectivity index (χ3v) is 4.74. The van der Waals surface area contributed by atoms with Gasteiger partial charge in [-0.05, 0) is 31.2 Å². The molecule has 1 saturated heterocycles. The molecule has 0 aliphatic carbocycles. The minimum absolute atomic E-state index is 0.0681. The second-order valence-electron chi connectivity index (χ2n) is 6.76. The molecule has 2 aromatic rings. The maximum absolute atomic E-state index is 12.4. The van der Waals surface area contributed by atoms with Crippen LogP contribution in [0.2, 0.25) is 0 Å². The molecule has 2 atom stereocenters.